The second-order valence-corrected chi connectivity index (χ2v) is 2.06. The van der Waals surface area contributed by atoms with E-state index in [1.807, 2.05) is 18.2 Å². The third-order valence-electron chi connectivity index (χ3n) is 1.41. The van der Waals surface area contributed by atoms with Gasteiger partial charge in [0.25, 0.3) is 0 Å². The van der Waals surface area contributed by atoms with Crippen molar-refractivity contribution >= 4 is 18.5 Å². The van der Waals surface area contributed by atoms with Gasteiger partial charge in [0.2, 0.25) is 0 Å². The molecule has 0 aromatic heterocycles. The summed E-state index contributed by atoms with van der Waals surface area (Å²) in [5.41, 5.74) is 2.50. The Hall–Kier alpha value is -0.790. The number of hydrogen-bond donors (Lipinski definition) is 1. The van der Waals surface area contributed by atoms with Gasteiger partial charge in [-0.3, -0.25) is 0 Å². The van der Waals surface area contributed by atoms with Gasteiger partial charge in [0.1, 0.15) is 0 Å². The molecule has 1 aromatic carbocycles. The van der Waals surface area contributed by atoms with Gasteiger partial charge in [-0.15, -0.1) is 12.4 Å². The Morgan fingerprint density at radius 2 is 1.82 bits per heavy atom. The number of halogens is 1. The van der Waals surface area contributed by atoms with E-state index in [1.54, 1.807) is 0 Å². The Bertz CT molecular complexity index is 221. The molecule has 1 nitrogen and oxygen atoms in total. The molecule has 0 atom stereocenters. The average Bonchev–Trinajstić information content (AvgIpc) is 1.89. The predicted molar refractivity (Wildman–Crippen MR) is 53.5 cm³/mol. The van der Waals surface area contributed by atoms with Crippen LogP contribution in [0.4, 0.5) is 0 Å². The summed E-state index contributed by atoms with van der Waals surface area (Å²) in [4.78, 5) is 0. The normalized spacial score (nSPS) is 7.36. The molecule has 2 heteroatoms. The van der Waals surface area contributed by atoms with Crippen molar-refractivity contribution in [1.82, 2.24) is 6.15 Å². The first-order valence-corrected chi connectivity index (χ1v) is 3.02. The minimum absolute atomic E-state index is 0. The van der Waals surface area contributed by atoms with Crippen LogP contribution in [0, 0.1) is 6.92 Å². The van der Waals surface area contributed by atoms with Crippen LogP contribution in [0.3, 0.4) is 0 Å². The van der Waals surface area contributed by atoms with E-state index in [4.69, 9.17) is 0 Å². The van der Waals surface area contributed by atoms with E-state index in [-0.39, 0.29) is 18.6 Å². The molecule has 0 radical (unpaired) electrons. The lowest BCUT2D eigenvalue weighted by molar-refractivity contribution is 1.45. The number of benzene rings is 1. The van der Waals surface area contributed by atoms with Crippen molar-refractivity contribution < 1.29 is 0 Å². The molecule has 0 saturated heterocycles. The number of rotatable bonds is 1. The van der Waals surface area contributed by atoms with Gasteiger partial charge in [-0.2, -0.15) is 0 Å². The van der Waals surface area contributed by atoms with E-state index in [1.165, 1.54) is 11.1 Å². The van der Waals surface area contributed by atoms with E-state index in [0.29, 0.717) is 0 Å². The van der Waals surface area contributed by atoms with Gasteiger partial charge in [0, 0.05) is 0 Å². The molecule has 0 heterocycles. The minimum Gasteiger partial charge on any atom is -0.344 e. The highest BCUT2D eigenvalue weighted by Gasteiger charge is 1.86. The predicted octanol–water partition coefficient (Wildman–Crippen LogP) is 3.22. The second kappa shape index (κ2) is 5.96. The van der Waals surface area contributed by atoms with Crippen molar-refractivity contribution in [3.8, 4) is 0 Å². The third kappa shape index (κ3) is 3.21. The van der Waals surface area contributed by atoms with E-state index in [2.05, 4.69) is 25.6 Å². The molecule has 0 fully saturated rings. The number of hydrogen-bond acceptors (Lipinski definition) is 1. The Balaban J connectivity index is 0. The van der Waals surface area contributed by atoms with Crippen LogP contribution in [0.2, 0.25) is 0 Å². The second-order valence-electron chi connectivity index (χ2n) is 2.06. The van der Waals surface area contributed by atoms with E-state index in [9.17, 15) is 0 Å². The fraction of sp³-hybridized carbons (Fsp3) is 0.111. The molecular weight excluding hydrogens is 158 g/mol. The van der Waals surface area contributed by atoms with Crippen LogP contribution in [-0.4, -0.2) is 0 Å². The van der Waals surface area contributed by atoms with Crippen molar-refractivity contribution in [2.45, 2.75) is 6.92 Å². The van der Waals surface area contributed by atoms with Crippen LogP contribution in [-0.2, 0) is 0 Å². The lowest BCUT2D eigenvalue weighted by Crippen LogP contribution is -1.75. The highest BCUT2D eigenvalue weighted by molar-refractivity contribution is 5.85. The van der Waals surface area contributed by atoms with E-state index < -0.39 is 0 Å². The Morgan fingerprint density at radius 1 is 1.27 bits per heavy atom. The molecule has 0 amide bonds. The van der Waals surface area contributed by atoms with Gasteiger partial charge in [-0.05, 0) is 18.1 Å². The quantitative estimate of drug-likeness (QED) is 0.692. The van der Waals surface area contributed by atoms with Gasteiger partial charge < -0.3 is 6.15 Å². The summed E-state index contributed by atoms with van der Waals surface area (Å²) < 4.78 is 0. The zero-order valence-corrected chi connectivity index (χ0v) is 7.53. The average molecular weight is 172 g/mol. The first kappa shape index (κ1) is 12.8. The summed E-state index contributed by atoms with van der Waals surface area (Å²) in [5, 5.41) is 0. The number of aryl methyl sites for hydroxylation is 1. The lowest BCUT2D eigenvalue weighted by Gasteiger charge is -1.95. The third-order valence-corrected chi connectivity index (χ3v) is 1.41. The van der Waals surface area contributed by atoms with Gasteiger partial charge in [0.05, 0.1) is 0 Å². The summed E-state index contributed by atoms with van der Waals surface area (Å²) >= 11 is 0. The van der Waals surface area contributed by atoms with Gasteiger partial charge in [-0.25, -0.2) is 0 Å². The van der Waals surface area contributed by atoms with Crippen LogP contribution in [0.15, 0.2) is 30.8 Å². The van der Waals surface area contributed by atoms with Crippen molar-refractivity contribution in [3.63, 3.8) is 0 Å². The molecule has 1 aromatic rings. The Labute approximate surface area is 74.1 Å². The lowest BCUT2D eigenvalue weighted by atomic mass is 10.1. The molecule has 0 aliphatic rings. The van der Waals surface area contributed by atoms with Crippen LogP contribution < -0.4 is 6.15 Å². The fourth-order valence-corrected chi connectivity index (χ4v) is 0.816. The minimum atomic E-state index is 0. The SMILES string of the molecule is C=Cc1ccccc1C.Cl.N. The van der Waals surface area contributed by atoms with Crippen LogP contribution >= 0.6 is 12.4 Å². The zero-order valence-electron chi connectivity index (χ0n) is 6.71. The molecule has 0 saturated carbocycles. The summed E-state index contributed by atoms with van der Waals surface area (Å²) in [7, 11) is 0. The fourth-order valence-electron chi connectivity index (χ4n) is 0.816. The molecule has 0 unspecified atom stereocenters. The molecule has 11 heavy (non-hydrogen) atoms. The highest BCUT2D eigenvalue weighted by atomic mass is 35.5. The van der Waals surface area contributed by atoms with E-state index in [0.717, 1.165) is 0 Å². The molecule has 1 rings (SSSR count). The summed E-state index contributed by atoms with van der Waals surface area (Å²) in [6.45, 7) is 5.77. The summed E-state index contributed by atoms with van der Waals surface area (Å²) in [5.74, 6) is 0. The van der Waals surface area contributed by atoms with Crippen LogP contribution in [0.5, 0.6) is 0 Å². The molecule has 0 aliphatic carbocycles. The molecule has 0 bridgehead atoms. The monoisotopic (exact) mass is 171 g/mol. The van der Waals surface area contributed by atoms with Crippen molar-refractivity contribution in [2.75, 3.05) is 0 Å². The topological polar surface area (TPSA) is 35.0 Å². The molecule has 0 spiro atoms. The largest absolute Gasteiger partial charge is 0.344 e. The zero-order chi connectivity index (χ0) is 6.69. The molecule has 62 valence electrons. The van der Waals surface area contributed by atoms with E-state index >= 15 is 0 Å². The first-order valence-electron chi connectivity index (χ1n) is 3.02. The van der Waals surface area contributed by atoms with Crippen LogP contribution in [0.1, 0.15) is 11.1 Å². The Kier molecular flexibility index (Phi) is 6.96. The highest BCUT2D eigenvalue weighted by Crippen LogP contribution is 2.06. The first-order chi connectivity index (χ1) is 4.34. The maximum atomic E-state index is 3.69. The van der Waals surface area contributed by atoms with Gasteiger partial charge >= 0.3 is 0 Å². The smallest absolute Gasteiger partial charge is 0.0233 e. The molecular formula is C9H14ClN. The van der Waals surface area contributed by atoms with Gasteiger partial charge in [0.15, 0.2) is 0 Å². The maximum absolute atomic E-state index is 3.69. The standard InChI is InChI=1S/C9H10.ClH.H3N/c1-3-9-7-5-4-6-8(9)2;;/h3-7H,1H2,2H3;1H;1H3. The van der Waals surface area contributed by atoms with Crippen molar-refractivity contribution in [2.24, 2.45) is 0 Å². The summed E-state index contributed by atoms with van der Waals surface area (Å²) in [6, 6.07) is 8.19. The molecule has 3 N–H and O–H groups in total. The summed E-state index contributed by atoms with van der Waals surface area (Å²) in [6.07, 6.45) is 1.87. The van der Waals surface area contributed by atoms with Crippen molar-refractivity contribution in [3.05, 3.63) is 42.0 Å². The van der Waals surface area contributed by atoms with Gasteiger partial charge in [-0.1, -0.05) is 36.9 Å². The Morgan fingerprint density at radius 3 is 2.18 bits per heavy atom. The van der Waals surface area contributed by atoms with Crippen molar-refractivity contribution in [1.29, 1.82) is 0 Å². The maximum Gasteiger partial charge on any atom is -0.0233 e. The molecule has 0 aliphatic heterocycles. The van der Waals surface area contributed by atoms with Crippen LogP contribution in [0.25, 0.3) is 6.08 Å².